The van der Waals surface area contributed by atoms with E-state index in [4.69, 9.17) is 0 Å². The monoisotopic (exact) mass is 279 g/mol. The van der Waals surface area contributed by atoms with Gasteiger partial charge in [0, 0.05) is 18.0 Å². The molecule has 0 saturated carbocycles. The van der Waals surface area contributed by atoms with Gasteiger partial charge < -0.3 is 5.32 Å². The zero-order chi connectivity index (χ0) is 14.7. The Hall–Kier alpha value is -2.53. The fourth-order valence-electron chi connectivity index (χ4n) is 2.12. The summed E-state index contributed by atoms with van der Waals surface area (Å²) in [5.74, 6) is 1.59. The second kappa shape index (κ2) is 5.85. The van der Waals surface area contributed by atoms with E-state index in [0.29, 0.717) is 5.82 Å². The van der Waals surface area contributed by atoms with Crippen molar-refractivity contribution >= 4 is 0 Å². The lowest BCUT2D eigenvalue weighted by Gasteiger charge is -2.11. The minimum atomic E-state index is 0.105. The molecule has 0 bridgehead atoms. The van der Waals surface area contributed by atoms with Crippen molar-refractivity contribution in [1.82, 2.24) is 25.1 Å². The van der Waals surface area contributed by atoms with Crippen molar-refractivity contribution in [3.8, 4) is 17.1 Å². The Bertz CT molecular complexity index is 706. The van der Waals surface area contributed by atoms with Crippen LogP contribution in [0.1, 0.15) is 18.8 Å². The molecule has 1 aromatic carbocycles. The van der Waals surface area contributed by atoms with Gasteiger partial charge in [0.1, 0.15) is 5.82 Å². The molecule has 0 saturated heterocycles. The average Bonchev–Trinajstić information content (AvgIpc) is 3.01. The van der Waals surface area contributed by atoms with Gasteiger partial charge in [0.2, 0.25) is 0 Å². The third kappa shape index (κ3) is 2.68. The highest BCUT2D eigenvalue weighted by Crippen LogP contribution is 2.21. The van der Waals surface area contributed by atoms with E-state index in [1.807, 2.05) is 54.2 Å². The number of rotatable bonds is 4. The smallest absolute Gasteiger partial charge is 0.182 e. The molecular weight excluding hydrogens is 262 g/mol. The summed E-state index contributed by atoms with van der Waals surface area (Å²) < 4.78 is 1.89. The summed E-state index contributed by atoms with van der Waals surface area (Å²) in [5, 5.41) is 7.88. The number of pyridine rings is 1. The quantitative estimate of drug-likeness (QED) is 0.797. The lowest BCUT2D eigenvalue weighted by atomic mass is 10.2. The van der Waals surface area contributed by atoms with E-state index in [1.54, 1.807) is 12.4 Å². The minimum absolute atomic E-state index is 0.105. The molecule has 0 spiro atoms. The summed E-state index contributed by atoms with van der Waals surface area (Å²) in [7, 11) is 1.92. The Labute approximate surface area is 123 Å². The lowest BCUT2D eigenvalue weighted by Crippen LogP contribution is -2.17. The largest absolute Gasteiger partial charge is 0.311 e. The molecule has 1 atom stereocenters. The molecule has 0 amide bonds. The Balaban J connectivity index is 2.12. The number of hydrogen-bond donors (Lipinski definition) is 1. The molecule has 0 aliphatic heterocycles. The van der Waals surface area contributed by atoms with Crippen LogP contribution < -0.4 is 5.32 Å². The predicted molar refractivity (Wildman–Crippen MR) is 82.1 cm³/mol. The van der Waals surface area contributed by atoms with Crippen molar-refractivity contribution in [3.63, 3.8) is 0 Å². The van der Waals surface area contributed by atoms with E-state index in [1.165, 1.54) is 0 Å². The zero-order valence-electron chi connectivity index (χ0n) is 12.1. The standard InChI is InChI=1S/C16H17N5/c1-12(17-2)16-19-15(13-8-10-18-11-9-13)20-21(16)14-6-4-3-5-7-14/h3-12,17H,1-2H3/t12-/m0/s1. The summed E-state index contributed by atoms with van der Waals surface area (Å²) in [5.41, 5.74) is 1.96. The molecular formula is C16H17N5. The minimum Gasteiger partial charge on any atom is -0.311 e. The SMILES string of the molecule is CN[C@@H](C)c1nc(-c2ccncc2)nn1-c1ccccc1. The molecule has 5 heteroatoms. The average molecular weight is 279 g/mol. The molecule has 0 radical (unpaired) electrons. The van der Waals surface area contributed by atoms with E-state index in [2.05, 4.69) is 27.3 Å². The van der Waals surface area contributed by atoms with Crippen molar-refractivity contribution in [3.05, 3.63) is 60.7 Å². The van der Waals surface area contributed by atoms with Gasteiger partial charge in [-0.1, -0.05) is 18.2 Å². The fraction of sp³-hybridized carbons (Fsp3) is 0.188. The Kier molecular flexibility index (Phi) is 3.75. The van der Waals surface area contributed by atoms with Gasteiger partial charge in [-0.3, -0.25) is 4.98 Å². The molecule has 5 nitrogen and oxygen atoms in total. The molecule has 1 N–H and O–H groups in total. The summed E-state index contributed by atoms with van der Waals surface area (Å²) >= 11 is 0. The van der Waals surface area contributed by atoms with Crippen molar-refractivity contribution in [2.75, 3.05) is 7.05 Å². The first kappa shape index (κ1) is 13.5. The summed E-state index contributed by atoms with van der Waals surface area (Å²) in [6.45, 7) is 2.07. The molecule has 2 heterocycles. The van der Waals surface area contributed by atoms with Crippen molar-refractivity contribution in [2.24, 2.45) is 0 Å². The van der Waals surface area contributed by atoms with Crippen LogP contribution in [0.2, 0.25) is 0 Å². The van der Waals surface area contributed by atoms with E-state index in [0.717, 1.165) is 17.1 Å². The van der Waals surface area contributed by atoms with Crippen LogP contribution >= 0.6 is 0 Å². The van der Waals surface area contributed by atoms with Crippen LogP contribution in [0, 0.1) is 0 Å². The van der Waals surface area contributed by atoms with Crippen molar-refractivity contribution in [1.29, 1.82) is 0 Å². The van der Waals surface area contributed by atoms with Gasteiger partial charge in [0.25, 0.3) is 0 Å². The van der Waals surface area contributed by atoms with Crippen LogP contribution in [0.4, 0.5) is 0 Å². The van der Waals surface area contributed by atoms with E-state index in [9.17, 15) is 0 Å². The maximum absolute atomic E-state index is 4.69. The van der Waals surface area contributed by atoms with Gasteiger partial charge in [0.15, 0.2) is 5.82 Å². The van der Waals surface area contributed by atoms with Crippen LogP contribution in [0.5, 0.6) is 0 Å². The third-order valence-electron chi connectivity index (χ3n) is 3.39. The molecule has 0 aliphatic carbocycles. The van der Waals surface area contributed by atoms with Crippen LogP contribution in [0.3, 0.4) is 0 Å². The highest BCUT2D eigenvalue weighted by Gasteiger charge is 2.17. The topological polar surface area (TPSA) is 55.6 Å². The molecule has 0 aliphatic rings. The highest BCUT2D eigenvalue weighted by atomic mass is 15.4. The number of nitrogens with one attached hydrogen (secondary N) is 1. The van der Waals surface area contributed by atoms with E-state index < -0.39 is 0 Å². The summed E-state index contributed by atoms with van der Waals surface area (Å²) in [4.78, 5) is 8.72. The van der Waals surface area contributed by atoms with Crippen molar-refractivity contribution in [2.45, 2.75) is 13.0 Å². The van der Waals surface area contributed by atoms with Crippen LogP contribution in [0.25, 0.3) is 17.1 Å². The first-order valence-electron chi connectivity index (χ1n) is 6.89. The number of benzene rings is 1. The number of para-hydroxylation sites is 1. The highest BCUT2D eigenvalue weighted by molar-refractivity contribution is 5.54. The first-order valence-corrected chi connectivity index (χ1v) is 6.89. The van der Waals surface area contributed by atoms with Crippen LogP contribution in [0.15, 0.2) is 54.9 Å². The number of hydrogen-bond acceptors (Lipinski definition) is 4. The Morgan fingerprint density at radius 3 is 2.43 bits per heavy atom. The lowest BCUT2D eigenvalue weighted by molar-refractivity contribution is 0.588. The van der Waals surface area contributed by atoms with E-state index >= 15 is 0 Å². The molecule has 21 heavy (non-hydrogen) atoms. The second-order valence-corrected chi connectivity index (χ2v) is 4.79. The number of aromatic nitrogens is 4. The van der Waals surface area contributed by atoms with E-state index in [-0.39, 0.29) is 6.04 Å². The summed E-state index contributed by atoms with van der Waals surface area (Å²) in [6, 6.07) is 14.0. The van der Waals surface area contributed by atoms with Gasteiger partial charge in [-0.25, -0.2) is 9.67 Å². The zero-order valence-corrected chi connectivity index (χ0v) is 12.1. The Morgan fingerprint density at radius 1 is 1.05 bits per heavy atom. The van der Waals surface area contributed by atoms with Crippen LogP contribution in [-0.4, -0.2) is 26.8 Å². The molecule has 3 aromatic rings. The van der Waals surface area contributed by atoms with Gasteiger partial charge in [-0.2, -0.15) is 0 Å². The normalized spacial score (nSPS) is 12.3. The fourth-order valence-corrected chi connectivity index (χ4v) is 2.12. The Morgan fingerprint density at radius 2 is 1.76 bits per heavy atom. The molecule has 106 valence electrons. The van der Waals surface area contributed by atoms with Gasteiger partial charge in [-0.15, -0.1) is 5.10 Å². The predicted octanol–water partition coefficient (Wildman–Crippen LogP) is 2.61. The molecule has 0 fully saturated rings. The first-order chi connectivity index (χ1) is 10.3. The maximum atomic E-state index is 4.69. The van der Waals surface area contributed by atoms with Crippen molar-refractivity contribution < 1.29 is 0 Å². The maximum Gasteiger partial charge on any atom is 0.182 e. The summed E-state index contributed by atoms with van der Waals surface area (Å²) in [6.07, 6.45) is 3.50. The number of nitrogens with zero attached hydrogens (tertiary/aromatic N) is 4. The molecule has 2 aromatic heterocycles. The third-order valence-corrected chi connectivity index (χ3v) is 3.39. The van der Waals surface area contributed by atoms with Crippen LogP contribution in [-0.2, 0) is 0 Å². The molecule has 0 unspecified atom stereocenters. The van der Waals surface area contributed by atoms with Gasteiger partial charge in [-0.05, 0) is 38.2 Å². The molecule has 3 rings (SSSR count). The second-order valence-electron chi connectivity index (χ2n) is 4.79. The van der Waals surface area contributed by atoms with Gasteiger partial charge in [0.05, 0.1) is 11.7 Å². The van der Waals surface area contributed by atoms with Gasteiger partial charge >= 0.3 is 0 Å².